The number of amides is 1. The van der Waals surface area contributed by atoms with Crippen molar-refractivity contribution in [3.8, 4) is 0 Å². The van der Waals surface area contributed by atoms with Crippen molar-refractivity contribution < 1.29 is 4.79 Å². The van der Waals surface area contributed by atoms with Gasteiger partial charge in [0.05, 0.1) is 6.42 Å². The van der Waals surface area contributed by atoms with Crippen molar-refractivity contribution in [1.29, 1.82) is 0 Å². The van der Waals surface area contributed by atoms with Gasteiger partial charge in [-0.15, -0.1) is 0 Å². The van der Waals surface area contributed by atoms with Gasteiger partial charge in [-0.1, -0.05) is 56.3 Å². The lowest BCUT2D eigenvalue weighted by Crippen LogP contribution is -2.38. The third kappa shape index (κ3) is 5.13. The summed E-state index contributed by atoms with van der Waals surface area (Å²) in [6.07, 6.45) is 1.28. The number of hydrogen-bond donors (Lipinski definition) is 2. The average molecular weight is 310 g/mol. The van der Waals surface area contributed by atoms with Crippen LogP contribution in [0.25, 0.3) is 0 Å². The first-order valence-electron chi connectivity index (χ1n) is 8.06. The normalized spacial score (nSPS) is 12.7. The number of nitrogens with one attached hydrogen (secondary N) is 1. The van der Waals surface area contributed by atoms with Gasteiger partial charge in [0.2, 0.25) is 5.91 Å². The first-order valence-corrected chi connectivity index (χ1v) is 8.06. The Labute approximate surface area is 138 Å². The monoisotopic (exact) mass is 310 g/mol. The third-order valence-corrected chi connectivity index (χ3v) is 4.12. The lowest BCUT2D eigenvalue weighted by molar-refractivity contribution is -0.121. The van der Waals surface area contributed by atoms with Crippen LogP contribution in [0.4, 0.5) is 5.69 Å². The molecule has 0 aliphatic carbocycles. The predicted molar refractivity (Wildman–Crippen MR) is 96.2 cm³/mol. The molecule has 23 heavy (non-hydrogen) atoms. The Balaban J connectivity index is 1.89. The summed E-state index contributed by atoms with van der Waals surface area (Å²) < 4.78 is 0. The number of nitrogen functional groups attached to an aromatic ring is 1. The molecular weight excluding hydrogens is 284 g/mol. The van der Waals surface area contributed by atoms with Crippen LogP contribution in [0.2, 0.25) is 0 Å². The molecule has 0 spiro atoms. The van der Waals surface area contributed by atoms with Gasteiger partial charge in [-0.05, 0) is 42.0 Å². The molecule has 0 aliphatic heterocycles. The molecule has 2 aromatic carbocycles. The van der Waals surface area contributed by atoms with E-state index < -0.39 is 0 Å². The van der Waals surface area contributed by atoms with Crippen molar-refractivity contribution in [2.45, 2.75) is 45.1 Å². The summed E-state index contributed by atoms with van der Waals surface area (Å²) in [6, 6.07) is 18.0. The van der Waals surface area contributed by atoms with E-state index in [0.717, 1.165) is 12.0 Å². The second kappa shape index (κ2) is 7.32. The van der Waals surface area contributed by atoms with Gasteiger partial charge >= 0.3 is 0 Å². The Hall–Kier alpha value is -2.29. The molecule has 1 unspecified atom stereocenters. The van der Waals surface area contributed by atoms with Crippen molar-refractivity contribution in [2.75, 3.05) is 5.73 Å². The molecule has 3 heteroatoms. The van der Waals surface area contributed by atoms with Gasteiger partial charge in [0.25, 0.3) is 0 Å². The maximum Gasteiger partial charge on any atom is 0.224 e. The molecule has 2 rings (SSSR count). The molecule has 1 amide bonds. The number of anilines is 1. The van der Waals surface area contributed by atoms with Crippen LogP contribution in [-0.2, 0) is 16.6 Å². The Morgan fingerprint density at radius 2 is 1.70 bits per heavy atom. The molecule has 0 aliphatic rings. The minimum Gasteiger partial charge on any atom is -0.399 e. The minimum atomic E-state index is 0.0230. The van der Waals surface area contributed by atoms with E-state index in [1.807, 2.05) is 30.3 Å². The molecule has 2 aromatic rings. The standard InChI is InChI=1S/C20H26N2O/c1-15(14-20(2,3)17-7-5-4-6-8-17)22-19(23)13-16-9-11-18(21)12-10-16/h4-12,15H,13-14,21H2,1-3H3,(H,22,23). The van der Waals surface area contributed by atoms with Gasteiger partial charge in [0.15, 0.2) is 0 Å². The van der Waals surface area contributed by atoms with Gasteiger partial charge in [0, 0.05) is 11.7 Å². The molecule has 0 fully saturated rings. The zero-order valence-corrected chi connectivity index (χ0v) is 14.2. The van der Waals surface area contributed by atoms with Crippen molar-refractivity contribution in [1.82, 2.24) is 5.32 Å². The highest BCUT2D eigenvalue weighted by atomic mass is 16.1. The quantitative estimate of drug-likeness (QED) is 0.800. The van der Waals surface area contributed by atoms with Crippen LogP contribution in [0.3, 0.4) is 0 Å². The highest BCUT2D eigenvalue weighted by molar-refractivity contribution is 5.78. The van der Waals surface area contributed by atoms with Crippen LogP contribution < -0.4 is 11.1 Å². The van der Waals surface area contributed by atoms with E-state index in [9.17, 15) is 4.79 Å². The molecule has 0 aromatic heterocycles. The fourth-order valence-electron chi connectivity index (χ4n) is 2.97. The summed E-state index contributed by atoms with van der Waals surface area (Å²) in [4.78, 5) is 12.2. The van der Waals surface area contributed by atoms with Crippen LogP contribution in [0, 0.1) is 0 Å². The Kier molecular flexibility index (Phi) is 5.43. The summed E-state index contributed by atoms with van der Waals surface area (Å²) in [5.74, 6) is 0.0473. The number of nitrogens with two attached hydrogens (primary N) is 1. The lowest BCUT2D eigenvalue weighted by atomic mass is 9.79. The molecule has 0 saturated heterocycles. The summed E-state index contributed by atoms with van der Waals surface area (Å²) in [7, 11) is 0. The molecule has 0 saturated carbocycles. The number of benzene rings is 2. The van der Waals surface area contributed by atoms with Crippen LogP contribution in [0.5, 0.6) is 0 Å². The van der Waals surface area contributed by atoms with Crippen molar-refractivity contribution in [3.63, 3.8) is 0 Å². The zero-order valence-electron chi connectivity index (χ0n) is 14.2. The van der Waals surface area contributed by atoms with Gasteiger partial charge in [-0.2, -0.15) is 0 Å². The molecule has 1 atom stereocenters. The van der Waals surface area contributed by atoms with Gasteiger partial charge in [0.1, 0.15) is 0 Å². The number of carbonyl (C=O) groups excluding carboxylic acids is 1. The summed E-state index contributed by atoms with van der Waals surface area (Å²) in [6.45, 7) is 6.49. The van der Waals surface area contributed by atoms with Crippen LogP contribution in [-0.4, -0.2) is 11.9 Å². The highest BCUT2D eigenvalue weighted by Gasteiger charge is 2.23. The number of rotatable bonds is 6. The van der Waals surface area contributed by atoms with E-state index in [2.05, 4.69) is 50.4 Å². The van der Waals surface area contributed by atoms with Crippen molar-refractivity contribution >= 4 is 11.6 Å². The van der Waals surface area contributed by atoms with E-state index >= 15 is 0 Å². The Bertz CT molecular complexity index is 632. The smallest absolute Gasteiger partial charge is 0.224 e. The summed E-state index contributed by atoms with van der Waals surface area (Å²) >= 11 is 0. The fourth-order valence-corrected chi connectivity index (χ4v) is 2.97. The second-order valence-corrected chi connectivity index (χ2v) is 6.84. The van der Waals surface area contributed by atoms with Gasteiger partial charge < -0.3 is 11.1 Å². The first-order chi connectivity index (χ1) is 10.9. The van der Waals surface area contributed by atoms with E-state index in [1.165, 1.54) is 5.56 Å². The van der Waals surface area contributed by atoms with Gasteiger partial charge in [-0.3, -0.25) is 4.79 Å². The van der Waals surface area contributed by atoms with Gasteiger partial charge in [-0.25, -0.2) is 0 Å². The van der Waals surface area contributed by atoms with E-state index in [0.29, 0.717) is 12.1 Å². The van der Waals surface area contributed by atoms with E-state index in [1.54, 1.807) is 0 Å². The lowest BCUT2D eigenvalue weighted by Gasteiger charge is -2.29. The van der Waals surface area contributed by atoms with Crippen LogP contribution in [0.1, 0.15) is 38.3 Å². The number of hydrogen-bond acceptors (Lipinski definition) is 2. The fraction of sp³-hybridized carbons (Fsp3) is 0.350. The Morgan fingerprint density at radius 3 is 2.30 bits per heavy atom. The Morgan fingerprint density at radius 1 is 1.09 bits per heavy atom. The van der Waals surface area contributed by atoms with Crippen molar-refractivity contribution in [3.05, 3.63) is 65.7 Å². The van der Waals surface area contributed by atoms with E-state index in [-0.39, 0.29) is 17.4 Å². The highest BCUT2D eigenvalue weighted by Crippen LogP contribution is 2.28. The largest absolute Gasteiger partial charge is 0.399 e. The maximum atomic E-state index is 12.2. The summed E-state index contributed by atoms with van der Waals surface area (Å²) in [5, 5.41) is 3.10. The van der Waals surface area contributed by atoms with Crippen LogP contribution in [0.15, 0.2) is 54.6 Å². The molecular formula is C20H26N2O. The first kappa shape index (κ1) is 17.1. The topological polar surface area (TPSA) is 55.1 Å². The molecule has 3 nitrogen and oxygen atoms in total. The molecule has 3 N–H and O–H groups in total. The molecule has 0 radical (unpaired) electrons. The summed E-state index contributed by atoms with van der Waals surface area (Å²) in [5.41, 5.74) is 8.67. The van der Waals surface area contributed by atoms with Crippen molar-refractivity contribution in [2.24, 2.45) is 0 Å². The third-order valence-electron chi connectivity index (χ3n) is 4.12. The van der Waals surface area contributed by atoms with Crippen LogP contribution >= 0.6 is 0 Å². The number of carbonyl (C=O) groups is 1. The molecule has 0 bridgehead atoms. The molecule has 122 valence electrons. The van der Waals surface area contributed by atoms with E-state index in [4.69, 9.17) is 5.73 Å². The SMILES string of the molecule is CC(CC(C)(C)c1ccccc1)NC(=O)Cc1ccc(N)cc1. The average Bonchev–Trinajstić information content (AvgIpc) is 2.49. The molecule has 0 heterocycles. The predicted octanol–water partition coefficient (Wildman–Crippen LogP) is 3.68. The second-order valence-electron chi connectivity index (χ2n) is 6.84. The maximum absolute atomic E-state index is 12.2. The zero-order chi connectivity index (χ0) is 16.9. The minimum absolute atomic E-state index is 0.0230.